The molecule has 14 heavy (non-hydrogen) atoms. The molecule has 0 spiro atoms. The third kappa shape index (κ3) is 1.86. The van der Waals surface area contributed by atoms with Crippen molar-refractivity contribution >= 4 is 11.6 Å². The minimum absolute atomic E-state index is 0.166. The van der Waals surface area contributed by atoms with Gasteiger partial charge in [-0.3, -0.25) is 9.89 Å². The summed E-state index contributed by atoms with van der Waals surface area (Å²) in [5.74, 6) is -0.166. The minimum Gasteiger partial charge on any atom is -0.395 e. The van der Waals surface area contributed by atoms with Gasteiger partial charge in [-0.2, -0.15) is 5.10 Å². The van der Waals surface area contributed by atoms with Gasteiger partial charge in [0.15, 0.2) is 5.69 Å². The van der Waals surface area contributed by atoms with Gasteiger partial charge in [0.05, 0.1) is 11.4 Å². The highest BCUT2D eigenvalue weighted by atomic mass is 16.2. The molecule has 1 amide bonds. The smallest absolute Gasteiger partial charge is 0.275 e. The summed E-state index contributed by atoms with van der Waals surface area (Å²) in [5, 5.41) is 6.70. The van der Waals surface area contributed by atoms with Crippen molar-refractivity contribution < 1.29 is 4.79 Å². The van der Waals surface area contributed by atoms with Crippen LogP contribution in [0.15, 0.2) is 0 Å². The molecular weight excluding hydrogens is 180 g/mol. The highest BCUT2D eigenvalue weighted by Gasteiger charge is 2.17. The van der Waals surface area contributed by atoms with Gasteiger partial charge in [-0.15, -0.1) is 0 Å². The van der Waals surface area contributed by atoms with Crippen LogP contribution in [-0.4, -0.2) is 35.1 Å². The van der Waals surface area contributed by atoms with Crippen LogP contribution in [0, 0.1) is 0 Å². The first kappa shape index (κ1) is 10.6. The van der Waals surface area contributed by atoms with Gasteiger partial charge in [-0.1, -0.05) is 13.3 Å². The van der Waals surface area contributed by atoms with Gasteiger partial charge < -0.3 is 10.6 Å². The molecule has 1 rings (SSSR count). The van der Waals surface area contributed by atoms with Gasteiger partial charge in [0, 0.05) is 14.1 Å². The average molecular weight is 196 g/mol. The number of hydrogen-bond donors (Lipinski definition) is 2. The lowest BCUT2D eigenvalue weighted by Crippen LogP contribution is -2.23. The van der Waals surface area contributed by atoms with Crippen molar-refractivity contribution in [3.05, 3.63) is 11.4 Å². The van der Waals surface area contributed by atoms with E-state index in [2.05, 4.69) is 10.2 Å². The van der Waals surface area contributed by atoms with E-state index in [0.717, 1.165) is 18.5 Å². The number of aryl methyl sites for hydroxylation is 1. The maximum Gasteiger partial charge on any atom is 0.275 e. The Labute approximate surface area is 83.3 Å². The molecule has 5 nitrogen and oxygen atoms in total. The van der Waals surface area contributed by atoms with Gasteiger partial charge in [0.25, 0.3) is 5.91 Å². The molecule has 0 fully saturated rings. The number of nitrogens with zero attached hydrogens (tertiary/aromatic N) is 2. The van der Waals surface area contributed by atoms with Crippen molar-refractivity contribution in [3.8, 4) is 0 Å². The van der Waals surface area contributed by atoms with Crippen molar-refractivity contribution in [2.75, 3.05) is 19.8 Å². The SMILES string of the molecule is CCCc1[nH]nc(C(=O)N(C)C)c1N. The number of anilines is 1. The van der Waals surface area contributed by atoms with Gasteiger partial charge in [-0.25, -0.2) is 0 Å². The molecule has 3 N–H and O–H groups in total. The molecule has 0 radical (unpaired) electrons. The van der Waals surface area contributed by atoms with Crippen LogP contribution < -0.4 is 5.73 Å². The number of carbonyl (C=O) groups is 1. The second-order valence-electron chi connectivity index (χ2n) is 3.41. The summed E-state index contributed by atoms with van der Waals surface area (Å²) < 4.78 is 0. The van der Waals surface area contributed by atoms with Gasteiger partial charge >= 0.3 is 0 Å². The molecule has 0 aliphatic carbocycles. The zero-order valence-electron chi connectivity index (χ0n) is 8.79. The van der Waals surface area contributed by atoms with Gasteiger partial charge in [0.1, 0.15) is 0 Å². The second kappa shape index (κ2) is 4.13. The van der Waals surface area contributed by atoms with Crippen molar-refractivity contribution in [2.24, 2.45) is 0 Å². The number of nitrogens with one attached hydrogen (secondary N) is 1. The molecule has 0 saturated heterocycles. The zero-order valence-corrected chi connectivity index (χ0v) is 8.79. The van der Waals surface area contributed by atoms with Crippen LogP contribution >= 0.6 is 0 Å². The Morgan fingerprint density at radius 1 is 1.57 bits per heavy atom. The molecule has 78 valence electrons. The van der Waals surface area contributed by atoms with E-state index in [1.807, 2.05) is 6.92 Å². The molecule has 5 heteroatoms. The van der Waals surface area contributed by atoms with Crippen LogP contribution in [0.4, 0.5) is 5.69 Å². The summed E-state index contributed by atoms with van der Waals surface area (Å²) in [6.45, 7) is 2.05. The normalized spacial score (nSPS) is 10.2. The Morgan fingerprint density at radius 2 is 2.21 bits per heavy atom. The standard InChI is InChI=1S/C9H16N4O/c1-4-5-6-7(10)8(12-11-6)9(14)13(2)3/h4-5,10H2,1-3H3,(H,11,12). The Hall–Kier alpha value is -1.52. The fourth-order valence-electron chi connectivity index (χ4n) is 1.20. The lowest BCUT2D eigenvalue weighted by molar-refractivity contribution is 0.0823. The highest BCUT2D eigenvalue weighted by molar-refractivity contribution is 5.97. The Morgan fingerprint density at radius 3 is 2.71 bits per heavy atom. The fraction of sp³-hybridized carbons (Fsp3) is 0.556. The molecule has 0 aromatic carbocycles. The molecule has 1 aromatic rings. The van der Waals surface area contributed by atoms with Crippen molar-refractivity contribution in [2.45, 2.75) is 19.8 Å². The summed E-state index contributed by atoms with van der Waals surface area (Å²) in [6.07, 6.45) is 1.79. The number of carbonyl (C=O) groups excluding carboxylic acids is 1. The summed E-state index contributed by atoms with van der Waals surface area (Å²) in [4.78, 5) is 13.0. The number of nitrogen functional groups attached to an aromatic ring is 1. The van der Waals surface area contributed by atoms with Crippen LogP contribution in [0.2, 0.25) is 0 Å². The first-order valence-electron chi connectivity index (χ1n) is 4.62. The molecule has 0 atom stereocenters. The number of H-pyrrole nitrogens is 1. The lowest BCUT2D eigenvalue weighted by atomic mass is 10.2. The number of hydrogen-bond acceptors (Lipinski definition) is 3. The van der Waals surface area contributed by atoms with E-state index in [-0.39, 0.29) is 5.91 Å². The molecule has 0 saturated carbocycles. The molecule has 0 aliphatic heterocycles. The summed E-state index contributed by atoms with van der Waals surface area (Å²) >= 11 is 0. The van der Waals surface area contributed by atoms with E-state index in [9.17, 15) is 4.79 Å². The van der Waals surface area contributed by atoms with Crippen LogP contribution in [0.5, 0.6) is 0 Å². The van der Waals surface area contributed by atoms with E-state index in [0.29, 0.717) is 11.4 Å². The maximum atomic E-state index is 11.5. The predicted octanol–water partition coefficient (Wildman–Crippen LogP) is 0.646. The Kier molecular flexibility index (Phi) is 3.11. The van der Waals surface area contributed by atoms with Crippen LogP contribution in [0.3, 0.4) is 0 Å². The monoisotopic (exact) mass is 196 g/mol. The van der Waals surface area contributed by atoms with E-state index in [1.165, 1.54) is 4.90 Å². The number of nitrogens with two attached hydrogens (primary N) is 1. The first-order chi connectivity index (χ1) is 6.57. The third-order valence-electron chi connectivity index (χ3n) is 1.99. The first-order valence-corrected chi connectivity index (χ1v) is 4.62. The molecule has 0 aliphatic rings. The second-order valence-corrected chi connectivity index (χ2v) is 3.41. The fourth-order valence-corrected chi connectivity index (χ4v) is 1.20. The van der Waals surface area contributed by atoms with Crippen molar-refractivity contribution in [1.29, 1.82) is 0 Å². The van der Waals surface area contributed by atoms with Crippen LogP contribution in [-0.2, 0) is 6.42 Å². The largest absolute Gasteiger partial charge is 0.395 e. The predicted molar refractivity (Wildman–Crippen MR) is 55.0 cm³/mol. The number of aromatic nitrogens is 2. The van der Waals surface area contributed by atoms with Gasteiger partial charge in [-0.05, 0) is 6.42 Å². The lowest BCUT2D eigenvalue weighted by Gasteiger charge is -2.07. The zero-order chi connectivity index (χ0) is 10.7. The Bertz CT molecular complexity index is 330. The molecular formula is C9H16N4O. The van der Waals surface area contributed by atoms with E-state index >= 15 is 0 Å². The quantitative estimate of drug-likeness (QED) is 0.745. The summed E-state index contributed by atoms with van der Waals surface area (Å²) in [7, 11) is 3.35. The van der Waals surface area contributed by atoms with E-state index in [4.69, 9.17) is 5.73 Å². The third-order valence-corrected chi connectivity index (χ3v) is 1.99. The van der Waals surface area contributed by atoms with Gasteiger partial charge in [0.2, 0.25) is 0 Å². The molecule has 0 unspecified atom stereocenters. The van der Waals surface area contributed by atoms with Crippen molar-refractivity contribution in [3.63, 3.8) is 0 Å². The summed E-state index contributed by atoms with van der Waals surface area (Å²) in [5.41, 5.74) is 7.43. The molecule has 1 aromatic heterocycles. The minimum atomic E-state index is -0.166. The highest BCUT2D eigenvalue weighted by Crippen LogP contribution is 2.16. The van der Waals surface area contributed by atoms with Crippen molar-refractivity contribution in [1.82, 2.24) is 15.1 Å². The summed E-state index contributed by atoms with van der Waals surface area (Å²) in [6, 6.07) is 0. The number of rotatable bonds is 3. The average Bonchev–Trinajstić information content (AvgIpc) is 2.48. The van der Waals surface area contributed by atoms with Crippen LogP contribution in [0.1, 0.15) is 29.5 Å². The maximum absolute atomic E-state index is 11.5. The molecule has 1 heterocycles. The van der Waals surface area contributed by atoms with E-state index < -0.39 is 0 Å². The molecule has 0 bridgehead atoms. The van der Waals surface area contributed by atoms with Crippen LogP contribution in [0.25, 0.3) is 0 Å². The Balaban J connectivity index is 2.95. The topological polar surface area (TPSA) is 75.0 Å². The van der Waals surface area contributed by atoms with E-state index in [1.54, 1.807) is 14.1 Å². The number of amides is 1. The number of aromatic amines is 1.